The van der Waals surface area contributed by atoms with Gasteiger partial charge in [0, 0.05) is 17.2 Å². The van der Waals surface area contributed by atoms with E-state index in [1.54, 1.807) is 11.9 Å². The van der Waals surface area contributed by atoms with Crippen molar-refractivity contribution in [3.63, 3.8) is 0 Å². The second-order valence-electron chi connectivity index (χ2n) is 3.60. The quantitative estimate of drug-likeness (QED) is 0.620. The van der Waals surface area contributed by atoms with E-state index in [2.05, 4.69) is 29.2 Å². The smallest absolute Gasteiger partial charge is 0.254 e. The van der Waals surface area contributed by atoms with Crippen LogP contribution in [0.25, 0.3) is 0 Å². The highest BCUT2D eigenvalue weighted by Gasteiger charge is 2.13. The molecule has 0 spiro atoms. The summed E-state index contributed by atoms with van der Waals surface area (Å²) in [5, 5.41) is 0. The summed E-state index contributed by atoms with van der Waals surface area (Å²) >= 11 is 2.17. The Labute approximate surface area is 104 Å². The number of nitrogens with zero attached hydrogens (tertiary/aromatic N) is 1. The summed E-state index contributed by atoms with van der Waals surface area (Å²) in [6.45, 7) is 6.32. The van der Waals surface area contributed by atoms with Gasteiger partial charge in [0.05, 0.1) is 5.56 Å². The lowest BCUT2D eigenvalue weighted by Crippen LogP contribution is -2.28. The van der Waals surface area contributed by atoms with E-state index in [1.807, 2.05) is 31.2 Å². The molecule has 1 aromatic carbocycles. The molecule has 2 nitrogen and oxygen atoms in total. The lowest BCUT2D eigenvalue weighted by molar-refractivity contribution is 0.0806. The number of carbonyl (C=O) groups is 1. The summed E-state index contributed by atoms with van der Waals surface area (Å²) < 4.78 is 0.980. The summed E-state index contributed by atoms with van der Waals surface area (Å²) in [5.41, 5.74) is 1.73. The van der Waals surface area contributed by atoms with Crippen molar-refractivity contribution in [1.29, 1.82) is 0 Å². The Kier molecular flexibility index (Phi) is 4.32. The Morgan fingerprint density at radius 2 is 2.07 bits per heavy atom. The van der Waals surface area contributed by atoms with Crippen LogP contribution >= 0.6 is 22.6 Å². The lowest BCUT2D eigenvalue weighted by atomic mass is 10.2. The minimum absolute atomic E-state index is 0.0444. The Balaban J connectivity index is 2.85. The van der Waals surface area contributed by atoms with Gasteiger partial charge in [0.2, 0.25) is 0 Å². The van der Waals surface area contributed by atoms with E-state index in [-0.39, 0.29) is 5.91 Å². The second kappa shape index (κ2) is 5.30. The van der Waals surface area contributed by atoms with Crippen molar-refractivity contribution in [1.82, 2.24) is 4.90 Å². The molecule has 0 heterocycles. The number of benzene rings is 1. The summed E-state index contributed by atoms with van der Waals surface area (Å²) in [4.78, 5) is 13.7. The molecule has 0 unspecified atom stereocenters. The topological polar surface area (TPSA) is 20.3 Å². The molecule has 0 saturated heterocycles. The van der Waals surface area contributed by atoms with Gasteiger partial charge < -0.3 is 4.90 Å². The van der Waals surface area contributed by atoms with Crippen LogP contribution in [0.15, 0.2) is 36.4 Å². The third-order valence-electron chi connectivity index (χ3n) is 1.96. The fraction of sp³-hybridized carbons (Fsp3) is 0.250. The first-order valence-electron chi connectivity index (χ1n) is 4.66. The largest absolute Gasteiger partial charge is 0.338 e. The number of hydrogen-bond acceptors (Lipinski definition) is 1. The highest BCUT2D eigenvalue weighted by Crippen LogP contribution is 2.13. The molecule has 0 aliphatic carbocycles. The molecule has 1 amide bonds. The number of amides is 1. The van der Waals surface area contributed by atoms with Gasteiger partial charge in [-0.25, -0.2) is 0 Å². The van der Waals surface area contributed by atoms with Gasteiger partial charge in [-0.3, -0.25) is 4.79 Å². The predicted octanol–water partition coefficient (Wildman–Crippen LogP) is 2.94. The molecule has 1 rings (SSSR count). The van der Waals surface area contributed by atoms with E-state index in [4.69, 9.17) is 0 Å². The van der Waals surface area contributed by atoms with Crippen LogP contribution in [-0.4, -0.2) is 24.4 Å². The van der Waals surface area contributed by atoms with Gasteiger partial charge in [-0.1, -0.05) is 24.3 Å². The van der Waals surface area contributed by atoms with Crippen LogP contribution in [0.1, 0.15) is 17.3 Å². The fourth-order valence-electron chi connectivity index (χ4n) is 1.32. The maximum Gasteiger partial charge on any atom is 0.254 e. The molecular formula is C12H14INO. The molecule has 1 aromatic rings. The van der Waals surface area contributed by atoms with Crippen molar-refractivity contribution >= 4 is 28.5 Å². The van der Waals surface area contributed by atoms with Crippen molar-refractivity contribution in [3.8, 4) is 0 Å². The van der Waals surface area contributed by atoms with Gasteiger partial charge in [-0.15, -0.1) is 0 Å². The fourth-order valence-corrected chi connectivity index (χ4v) is 1.94. The van der Waals surface area contributed by atoms with Crippen molar-refractivity contribution in [2.24, 2.45) is 0 Å². The first-order chi connectivity index (χ1) is 7.02. The predicted molar refractivity (Wildman–Crippen MR) is 70.9 cm³/mol. The van der Waals surface area contributed by atoms with Gasteiger partial charge in [0.1, 0.15) is 0 Å². The van der Waals surface area contributed by atoms with Crippen LogP contribution in [-0.2, 0) is 0 Å². The minimum Gasteiger partial charge on any atom is -0.338 e. The average Bonchev–Trinajstić information content (AvgIpc) is 2.16. The highest BCUT2D eigenvalue weighted by atomic mass is 127. The molecular weight excluding hydrogens is 301 g/mol. The first-order valence-corrected chi connectivity index (χ1v) is 5.74. The zero-order valence-corrected chi connectivity index (χ0v) is 11.1. The normalized spacial score (nSPS) is 9.80. The molecule has 0 N–H and O–H groups in total. The van der Waals surface area contributed by atoms with Crippen LogP contribution in [0, 0.1) is 3.57 Å². The minimum atomic E-state index is 0.0444. The Hall–Kier alpha value is -0.840. The first kappa shape index (κ1) is 12.2. The Morgan fingerprint density at radius 1 is 1.47 bits per heavy atom. The van der Waals surface area contributed by atoms with Gasteiger partial charge in [-0.2, -0.15) is 0 Å². The molecule has 0 bridgehead atoms. The second-order valence-corrected chi connectivity index (χ2v) is 4.76. The van der Waals surface area contributed by atoms with E-state index in [9.17, 15) is 4.79 Å². The van der Waals surface area contributed by atoms with Crippen molar-refractivity contribution < 1.29 is 4.79 Å². The zero-order valence-electron chi connectivity index (χ0n) is 8.96. The standard InChI is InChI=1S/C12H14INO/c1-9(2)8-14(3)12(15)10-6-4-5-7-11(10)13/h4-7H,1,8H2,2-3H3. The van der Waals surface area contributed by atoms with Gasteiger partial charge in [0.25, 0.3) is 5.91 Å². The third-order valence-corrected chi connectivity index (χ3v) is 2.90. The van der Waals surface area contributed by atoms with Gasteiger partial charge in [-0.05, 0) is 41.6 Å². The van der Waals surface area contributed by atoms with Crippen molar-refractivity contribution in [2.45, 2.75) is 6.92 Å². The van der Waals surface area contributed by atoms with Crippen LogP contribution in [0.3, 0.4) is 0 Å². The Bertz CT molecular complexity index is 387. The molecule has 0 aliphatic rings. The van der Waals surface area contributed by atoms with E-state index >= 15 is 0 Å². The van der Waals surface area contributed by atoms with E-state index in [1.165, 1.54) is 0 Å². The number of carbonyl (C=O) groups excluding carboxylic acids is 1. The molecule has 80 valence electrons. The van der Waals surface area contributed by atoms with Gasteiger partial charge in [0.15, 0.2) is 0 Å². The summed E-state index contributed by atoms with van der Waals surface area (Å²) in [6, 6.07) is 7.59. The maximum atomic E-state index is 12.0. The Morgan fingerprint density at radius 3 is 2.60 bits per heavy atom. The molecule has 15 heavy (non-hydrogen) atoms. The van der Waals surface area contributed by atoms with E-state index < -0.39 is 0 Å². The number of hydrogen-bond donors (Lipinski definition) is 0. The van der Waals surface area contributed by atoms with Gasteiger partial charge >= 0.3 is 0 Å². The zero-order chi connectivity index (χ0) is 11.4. The molecule has 0 fully saturated rings. The summed E-state index contributed by atoms with van der Waals surface area (Å²) in [6.07, 6.45) is 0. The summed E-state index contributed by atoms with van der Waals surface area (Å²) in [5.74, 6) is 0.0444. The van der Waals surface area contributed by atoms with Crippen LogP contribution in [0.4, 0.5) is 0 Å². The number of rotatable bonds is 3. The summed E-state index contributed by atoms with van der Waals surface area (Å²) in [7, 11) is 1.79. The molecule has 0 aliphatic heterocycles. The highest BCUT2D eigenvalue weighted by molar-refractivity contribution is 14.1. The SMILES string of the molecule is C=C(C)CN(C)C(=O)c1ccccc1I. The lowest BCUT2D eigenvalue weighted by Gasteiger charge is -2.17. The number of likely N-dealkylation sites (N-methyl/N-ethyl adjacent to an activating group) is 1. The molecule has 0 saturated carbocycles. The van der Waals surface area contributed by atoms with Crippen molar-refractivity contribution in [3.05, 3.63) is 45.6 Å². The monoisotopic (exact) mass is 315 g/mol. The molecule has 0 radical (unpaired) electrons. The maximum absolute atomic E-state index is 12.0. The van der Waals surface area contributed by atoms with E-state index in [0.717, 1.165) is 14.7 Å². The molecule has 0 aromatic heterocycles. The average molecular weight is 315 g/mol. The van der Waals surface area contributed by atoms with Crippen LogP contribution < -0.4 is 0 Å². The van der Waals surface area contributed by atoms with Crippen LogP contribution in [0.2, 0.25) is 0 Å². The number of halogens is 1. The molecule has 3 heteroatoms. The van der Waals surface area contributed by atoms with E-state index in [0.29, 0.717) is 6.54 Å². The van der Waals surface area contributed by atoms with Crippen LogP contribution in [0.5, 0.6) is 0 Å². The molecule has 0 atom stereocenters. The van der Waals surface area contributed by atoms with Crippen molar-refractivity contribution in [2.75, 3.05) is 13.6 Å². The third kappa shape index (κ3) is 3.34.